The summed E-state index contributed by atoms with van der Waals surface area (Å²) in [4.78, 5) is 27.3. The van der Waals surface area contributed by atoms with E-state index in [1.807, 2.05) is 9.80 Å². The molecular formula is C13H23N3O2. The monoisotopic (exact) mass is 253 g/mol. The van der Waals surface area contributed by atoms with Crippen molar-refractivity contribution in [2.24, 2.45) is 5.92 Å². The van der Waals surface area contributed by atoms with Crippen molar-refractivity contribution in [1.29, 1.82) is 0 Å². The zero-order valence-corrected chi connectivity index (χ0v) is 11.2. The molecule has 1 atom stereocenters. The number of hydrogen-bond donors (Lipinski definition) is 1. The highest BCUT2D eigenvalue weighted by Gasteiger charge is 2.24. The van der Waals surface area contributed by atoms with Gasteiger partial charge in [-0.3, -0.25) is 9.59 Å². The van der Waals surface area contributed by atoms with Crippen LogP contribution in [0.1, 0.15) is 26.2 Å². The normalized spacial score (nSPS) is 25.1. The highest BCUT2D eigenvalue weighted by molar-refractivity contribution is 5.77. The number of nitrogens with zero attached hydrogens (tertiary/aromatic N) is 2. The maximum Gasteiger partial charge on any atom is 0.222 e. The molecule has 0 saturated carbocycles. The van der Waals surface area contributed by atoms with Crippen LogP contribution in [0.15, 0.2) is 0 Å². The van der Waals surface area contributed by atoms with Crippen molar-refractivity contribution in [2.75, 3.05) is 39.3 Å². The van der Waals surface area contributed by atoms with E-state index in [1.54, 1.807) is 6.92 Å². The van der Waals surface area contributed by atoms with Gasteiger partial charge in [0.25, 0.3) is 0 Å². The van der Waals surface area contributed by atoms with Crippen molar-refractivity contribution in [3.05, 3.63) is 0 Å². The topological polar surface area (TPSA) is 52.7 Å². The number of carbonyl (C=O) groups excluding carboxylic acids is 2. The van der Waals surface area contributed by atoms with Crippen LogP contribution in [0.4, 0.5) is 0 Å². The standard InChI is InChI=1S/C13H23N3O2/c1-11(17)15-5-2-6-16(8-7-15)13(18)9-12-3-4-14-10-12/h12,14H,2-10H2,1H3. The Hall–Kier alpha value is -1.10. The van der Waals surface area contributed by atoms with E-state index < -0.39 is 0 Å². The molecule has 5 heteroatoms. The van der Waals surface area contributed by atoms with Gasteiger partial charge in [0, 0.05) is 39.5 Å². The van der Waals surface area contributed by atoms with Crippen molar-refractivity contribution < 1.29 is 9.59 Å². The van der Waals surface area contributed by atoms with Crippen molar-refractivity contribution >= 4 is 11.8 Å². The minimum atomic E-state index is 0.115. The van der Waals surface area contributed by atoms with Crippen LogP contribution >= 0.6 is 0 Å². The lowest BCUT2D eigenvalue weighted by Crippen LogP contribution is -2.37. The van der Waals surface area contributed by atoms with Crippen LogP contribution in [-0.2, 0) is 9.59 Å². The molecular weight excluding hydrogens is 230 g/mol. The molecule has 18 heavy (non-hydrogen) atoms. The molecule has 0 aliphatic carbocycles. The van der Waals surface area contributed by atoms with Gasteiger partial charge in [-0.2, -0.15) is 0 Å². The highest BCUT2D eigenvalue weighted by atomic mass is 16.2. The molecule has 2 rings (SSSR count). The second kappa shape index (κ2) is 6.18. The predicted octanol–water partition coefficient (Wildman–Crippen LogP) is 0.0668. The van der Waals surface area contributed by atoms with Gasteiger partial charge in [-0.25, -0.2) is 0 Å². The Labute approximate surface area is 108 Å². The molecule has 0 spiro atoms. The molecule has 5 nitrogen and oxygen atoms in total. The van der Waals surface area contributed by atoms with E-state index in [9.17, 15) is 9.59 Å². The lowest BCUT2D eigenvalue weighted by Gasteiger charge is -2.22. The maximum absolute atomic E-state index is 12.2. The van der Waals surface area contributed by atoms with E-state index in [4.69, 9.17) is 0 Å². The number of carbonyl (C=O) groups is 2. The van der Waals surface area contributed by atoms with Gasteiger partial charge >= 0.3 is 0 Å². The molecule has 0 aromatic rings. The van der Waals surface area contributed by atoms with E-state index >= 15 is 0 Å². The molecule has 0 radical (unpaired) electrons. The second-order valence-corrected chi connectivity index (χ2v) is 5.30. The first-order chi connectivity index (χ1) is 8.66. The smallest absolute Gasteiger partial charge is 0.222 e. The molecule has 102 valence electrons. The summed E-state index contributed by atoms with van der Waals surface area (Å²) in [6, 6.07) is 0. The van der Waals surface area contributed by atoms with Gasteiger partial charge in [-0.1, -0.05) is 0 Å². The van der Waals surface area contributed by atoms with Crippen LogP contribution in [0.5, 0.6) is 0 Å². The highest BCUT2D eigenvalue weighted by Crippen LogP contribution is 2.15. The lowest BCUT2D eigenvalue weighted by atomic mass is 10.0. The third kappa shape index (κ3) is 3.45. The largest absolute Gasteiger partial charge is 0.341 e. The fourth-order valence-electron chi connectivity index (χ4n) is 2.75. The average Bonchev–Trinajstić information content (AvgIpc) is 2.70. The number of hydrogen-bond acceptors (Lipinski definition) is 3. The van der Waals surface area contributed by atoms with E-state index in [0.717, 1.165) is 39.0 Å². The van der Waals surface area contributed by atoms with Crippen molar-refractivity contribution in [2.45, 2.75) is 26.2 Å². The SMILES string of the molecule is CC(=O)N1CCCN(C(=O)CC2CCNC2)CC1. The Balaban J connectivity index is 1.81. The van der Waals surface area contributed by atoms with E-state index in [2.05, 4.69) is 5.32 Å². The Morgan fingerprint density at radius 2 is 1.89 bits per heavy atom. The number of rotatable bonds is 2. The summed E-state index contributed by atoms with van der Waals surface area (Å²) in [7, 11) is 0. The van der Waals surface area contributed by atoms with E-state index in [0.29, 0.717) is 25.4 Å². The Morgan fingerprint density at radius 3 is 2.56 bits per heavy atom. The van der Waals surface area contributed by atoms with Gasteiger partial charge in [-0.15, -0.1) is 0 Å². The van der Waals surface area contributed by atoms with Gasteiger partial charge < -0.3 is 15.1 Å². The average molecular weight is 253 g/mol. The van der Waals surface area contributed by atoms with Crippen molar-refractivity contribution in [3.63, 3.8) is 0 Å². The summed E-state index contributed by atoms with van der Waals surface area (Å²) in [6.07, 6.45) is 2.67. The van der Waals surface area contributed by atoms with Crippen LogP contribution in [0.2, 0.25) is 0 Å². The van der Waals surface area contributed by atoms with Crippen molar-refractivity contribution in [3.8, 4) is 0 Å². The van der Waals surface area contributed by atoms with Crippen molar-refractivity contribution in [1.82, 2.24) is 15.1 Å². The quantitative estimate of drug-likeness (QED) is 0.757. The lowest BCUT2D eigenvalue weighted by molar-refractivity contribution is -0.133. The number of amides is 2. The fraction of sp³-hybridized carbons (Fsp3) is 0.846. The number of nitrogens with one attached hydrogen (secondary N) is 1. The zero-order valence-electron chi connectivity index (χ0n) is 11.2. The van der Waals surface area contributed by atoms with Crippen LogP contribution in [-0.4, -0.2) is 60.9 Å². The third-order valence-corrected chi connectivity index (χ3v) is 3.92. The maximum atomic E-state index is 12.2. The predicted molar refractivity (Wildman–Crippen MR) is 69.0 cm³/mol. The summed E-state index contributed by atoms with van der Waals surface area (Å²) in [5.74, 6) is 0.878. The van der Waals surface area contributed by atoms with Gasteiger partial charge in [0.2, 0.25) is 11.8 Å². The molecule has 0 bridgehead atoms. The molecule has 2 amide bonds. The van der Waals surface area contributed by atoms with Crippen LogP contribution in [0.3, 0.4) is 0 Å². The summed E-state index contributed by atoms with van der Waals surface area (Å²) < 4.78 is 0. The van der Waals surface area contributed by atoms with Crippen LogP contribution < -0.4 is 5.32 Å². The Bertz CT molecular complexity index is 313. The molecule has 2 fully saturated rings. The van der Waals surface area contributed by atoms with Crippen LogP contribution in [0, 0.1) is 5.92 Å². The fourth-order valence-corrected chi connectivity index (χ4v) is 2.75. The minimum Gasteiger partial charge on any atom is -0.341 e. The molecule has 2 aliphatic rings. The molecule has 2 saturated heterocycles. The summed E-state index contributed by atoms with van der Waals surface area (Å²) >= 11 is 0. The van der Waals surface area contributed by atoms with E-state index in [-0.39, 0.29) is 11.8 Å². The molecule has 1 unspecified atom stereocenters. The first-order valence-corrected chi connectivity index (χ1v) is 6.91. The van der Waals surface area contributed by atoms with Crippen LogP contribution in [0.25, 0.3) is 0 Å². The van der Waals surface area contributed by atoms with Gasteiger partial charge in [0.15, 0.2) is 0 Å². The van der Waals surface area contributed by atoms with Gasteiger partial charge in [0.05, 0.1) is 0 Å². The van der Waals surface area contributed by atoms with Gasteiger partial charge in [0.1, 0.15) is 0 Å². The molecule has 0 aromatic carbocycles. The zero-order chi connectivity index (χ0) is 13.0. The van der Waals surface area contributed by atoms with E-state index in [1.165, 1.54) is 0 Å². The van der Waals surface area contributed by atoms with Gasteiger partial charge in [-0.05, 0) is 31.8 Å². The summed E-state index contributed by atoms with van der Waals surface area (Å²) in [6.45, 7) is 6.56. The molecule has 0 aromatic heterocycles. The second-order valence-electron chi connectivity index (χ2n) is 5.30. The Morgan fingerprint density at radius 1 is 1.17 bits per heavy atom. The first kappa shape index (κ1) is 13.3. The molecule has 2 aliphatic heterocycles. The Kier molecular flexibility index (Phi) is 4.58. The summed E-state index contributed by atoms with van der Waals surface area (Å²) in [5.41, 5.74) is 0. The first-order valence-electron chi connectivity index (χ1n) is 6.91. The third-order valence-electron chi connectivity index (χ3n) is 3.92. The minimum absolute atomic E-state index is 0.115. The summed E-state index contributed by atoms with van der Waals surface area (Å²) in [5, 5.41) is 3.29. The molecule has 1 N–H and O–H groups in total. The molecule has 2 heterocycles.